The van der Waals surface area contributed by atoms with Gasteiger partial charge in [0.1, 0.15) is 11.4 Å². The van der Waals surface area contributed by atoms with E-state index >= 15 is 0 Å². The van der Waals surface area contributed by atoms with Crippen LogP contribution >= 0.6 is 0 Å². The van der Waals surface area contributed by atoms with Crippen LogP contribution in [-0.2, 0) is 10.3 Å². The highest BCUT2D eigenvalue weighted by atomic mass is 16.6. The maximum absolute atomic E-state index is 12.8. The van der Waals surface area contributed by atoms with Crippen LogP contribution < -0.4 is 10.6 Å². The summed E-state index contributed by atoms with van der Waals surface area (Å²) in [6, 6.07) is 27.4. The predicted octanol–water partition coefficient (Wildman–Crippen LogP) is 8.85. The van der Waals surface area contributed by atoms with Gasteiger partial charge in [0, 0.05) is 22.9 Å². The molecular formula is C37H37N5O2. The summed E-state index contributed by atoms with van der Waals surface area (Å²) in [6.45, 7) is 9.93. The van der Waals surface area contributed by atoms with Gasteiger partial charge in [0.25, 0.3) is 0 Å². The Morgan fingerprint density at radius 3 is 2.39 bits per heavy atom. The molecule has 2 aromatic heterocycles. The molecule has 1 fully saturated rings. The first-order valence-electron chi connectivity index (χ1n) is 15.3. The summed E-state index contributed by atoms with van der Waals surface area (Å²) in [5.41, 5.74) is 9.46. The fourth-order valence-electron chi connectivity index (χ4n) is 6.24. The number of fused-ring (bicyclic) bond motifs is 5. The van der Waals surface area contributed by atoms with Crippen LogP contribution in [0.4, 0.5) is 16.3 Å². The van der Waals surface area contributed by atoms with E-state index in [4.69, 9.17) is 14.7 Å². The number of aromatic nitrogens is 3. The van der Waals surface area contributed by atoms with Crippen LogP contribution in [-0.4, -0.2) is 26.2 Å². The normalized spacial score (nSPS) is 14.7. The summed E-state index contributed by atoms with van der Waals surface area (Å²) in [6.07, 6.45) is 4.24. The molecule has 1 aliphatic heterocycles. The summed E-state index contributed by atoms with van der Waals surface area (Å²) < 4.78 is 7.85. The zero-order valence-electron chi connectivity index (χ0n) is 25.9. The summed E-state index contributed by atoms with van der Waals surface area (Å²) >= 11 is 0. The number of aryl methyl sites for hydroxylation is 2. The number of benzene rings is 3. The van der Waals surface area contributed by atoms with E-state index in [-0.39, 0.29) is 6.09 Å². The molecule has 3 aromatic carbocycles. The van der Waals surface area contributed by atoms with Crippen molar-refractivity contribution in [1.29, 1.82) is 0 Å². The zero-order chi connectivity index (χ0) is 30.6. The van der Waals surface area contributed by atoms with Gasteiger partial charge in [-0.3, -0.25) is 4.57 Å². The fraction of sp³-hybridized carbons (Fsp3) is 0.270. The van der Waals surface area contributed by atoms with E-state index in [0.29, 0.717) is 0 Å². The number of pyridine rings is 1. The van der Waals surface area contributed by atoms with Crippen LogP contribution in [0.15, 0.2) is 85.1 Å². The largest absolute Gasteiger partial charge is 0.444 e. The van der Waals surface area contributed by atoms with E-state index in [1.165, 1.54) is 11.1 Å². The monoisotopic (exact) mass is 583 g/mol. The second kappa shape index (κ2) is 10.4. The topological polar surface area (TPSA) is 81.1 Å². The summed E-state index contributed by atoms with van der Waals surface area (Å²) in [5, 5.41) is 6.74. The molecule has 0 bridgehead atoms. The first-order chi connectivity index (χ1) is 21.1. The van der Waals surface area contributed by atoms with Gasteiger partial charge in [-0.25, -0.2) is 14.8 Å². The Bertz CT molecular complexity index is 1890. The van der Waals surface area contributed by atoms with Gasteiger partial charge in [0.15, 0.2) is 5.82 Å². The number of anilines is 2. The number of para-hydroxylation sites is 1. The van der Waals surface area contributed by atoms with Crippen LogP contribution in [0.5, 0.6) is 0 Å². The number of alkyl carbamates (subject to hydrolysis) is 1. The van der Waals surface area contributed by atoms with Crippen molar-refractivity contribution in [3.8, 4) is 39.6 Å². The molecule has 3 heterocycles. The molecule has 44 heavy (non-hydrogen) atoms. The van der Waals surface area contributed by atoms with Gasteiger partial charge in [0.2, 0.25) is 0 Å². The number of nitrogens with one attached hydrogen (secondary N) is 2. The molecule has 7 heteroatoms. The van der Waals surface area contributed by atoms with Gasteiger partial charge in [-0.15, -0.1) is 0 Å². The number of carbonyl (C=O) groups excluding carboxylic acids is 1. The maximum atomic E-state index is 12.8. The van der Waals surface area contributed by atoms with E-state index in [2.05, 4.69) is 89.7 Å². The maximum Gasteiger partial charge on any atom is 0.408 e. The molecule has 0 unspecified atom stereocenters. The van der Waals surface area contributed by atoms with Crippen molar-refractivity contribution in [2.75, 3.05) is 5.32 Å². The van der Waals surface area contributed by atoms with Gasteiger partial charge >= 0.3 is 6.09 Å². The lowest BCUT2D eigenvalue weighted by molar-refractivity contribution is 0.0377. The average molecular weight is 584 g/mol. The van der Waals surface area contributed by atoms with Crippen molar-refractivity contribution in [2.24, 2.45) is 0 Å². The number of rotatable bonds is 4. The third-order valence-electron chi connectivity index (χ3n) is 8.76. The van der Waals surface area contributed by atoms with Crippen LogP contribution in [0.25, 0.3) is 39.6 Å². The van der Waals surface area contributed by atoms with Gasteiger partial charge in [0.05, 0.1) is 28.3 Å². The van der Waals surface area contributed by atoms with Crippen molar-refractivity contribution in [2.45, 2.75) is 65.0 Å². The van der Waals surface area contributed by atoms with Gasteiger partial charge in [-0.1, -0.05) is 48.5 Å². The molecule has 0 atom stereocenters. The molecule has 7 nitrogen and oxygen atoms in total. The van der Waals surface area contributed by atoms with Crippen LogP contribution in [0.3, 0.4) is 0 Å². The highest BCUT2D eigenvalue weighted by molar-refractivity contribution is 5.91. The lowest BCUT2D eigenvalue weighted by Gasteiger charge is -2.43. The number of carbonyl (C=O) groups is 1. The van der Waals surface area contributed by atoms with Crippen molar-refractivity contribution >= 4 is 17.6 Å². The van der Waals surface area contributed by atoms with Crippen molar-refractivity contribution in [1.82, 2.24) is 19.9 Å². The quantitative estimate of drug-likeness (QED) is 0.217. The lowest BCUT2D eigenvalue weighted by Crippen LogP contribution is -2.52. The van der Waals surface area contributed by atoms with E-state index in [0.717, 1.165) is 75.9 Å². The number of amides is 1. The van der Waals surface area contributed by atoms with E-state index in [1.807, 2.05) is 45.2 Å². The molecule has 7 rings (SSSR count). The van der Waals surface area contributed by atoms with Crippen molar-refractivity contribution in [3.05, 3.63) is 102 Å². The SMILES string of the molecule is Cc1ccc(-c2nc3n(c2-c2ccc(C4(NC(=O)OC(C)(C)C)CCC4)cc2)-c2cccnc2Nc2ccccc2-3)cc1C. The number of ether oxygens (including phenoxy) is 1. The first kappa shape index (κ1) is 27.9. The Hall–Kier alpha value is -4.91. The molecule has 0 spiro atoms. The minimum Gasteiger partial charge on any atom is -0.444 e. The van der Waals surface area contributed by atoms with Crippen LogP contribution in [0.2, 0.25) is 0 Å². The lowest BCUT2D eigenvalue weighted by atomic mass is 9.71. The molecule has 222 valence electrons. The Balaban J connectivity index is 1.40. The predicted molar refractivity (Wildman–Crippen MR) is 175 cm³/mol. The number of hydrogen-bond donors (Lipinski definition) is 2. The van der Waals surface area contributed by atoms with Gasteiger partial charge < -0.3 is 15.4 Å². The highest BCUT2D eigenvalue weighted by Gasteiger charge is 2.41. The summed E-state index contributed by atoms with van der Waals surface area (Å²) in [5.74, 6) is 1.63. The molecular weight excluding hydrogens is 546 g/mol. The minimum atomic E-state index is -0.554. The fourth-order valence-corrected chi connectivity index (χ4v) is 6.24. The molecule has 2 N–H and O–H groups in total. The van der Waals surface area contributed by atoms with E-state index < -0.39 is 11.1 Å². The number of hydrogen-bond acceptors (Lipinski definition) is 5. The zero-order valence-corrected chi connectivity index (χ0v) is 25.9. The third-order valence-corrected chi connectivity index (χ3v) is 8.76. The van der Waals surface area contributed by atoms with Crippen molar-refractivity contribution < 1.29 is 9.53 Å². The smallest absolute Gasteiger partial charge is 0.408 e. The number of imidazole rings is 1. The van der Waals surface area contributed by atoms with E-state index in [1.54, 1.807) is 0 Å². The molecule has 1 amide bonds. The number of nitrogens with zero attached hydrogens (tertiary/aromatic N) is 3. The second-order valence-corrected chi connectivity index (χ2v) is 12.9. The third kappa shape index (κ3) is 4.82. The molecule has 0 radical (unpaired) electrons. The molecule has 0 saturated heterocycles. The summed E-state index contributed by atoms with van der Waals surface area (Å²) in [4.78, 5) is 22.9. The Morgan fingerprint density at radius 2 is 1.68 bits per heavy atom. The Kier molecular flexibility index (Phi) is 6.57. The molecule has 1 saturated carbocycles. The van der Waals surface area contributed by atoms with E-state index in [9.17, 15) is 4.79 Å². The van der Waals surface area contributed by atoms with Gasteiger partial charge in [-0.2, -0.15) is 0 Å². The molecule has 1 aliphatic carbocycles. The van der Waals surface area contributed by atoms with Crippen LogP contribution in [0.1, 0.15) is 56.7 Å². The molecule has 2 aliphatic rings. The standard InChI is InChI=1S/C37H37N5O2/c1-23-13-14-26(22-24(23)2)31-32(25-15-17-27(18-16-25)37(19-9-20-37)41-35(43)44-36(3,4)5)42-30-12-8-21-38-33(30)39-29-11-7-6-10-28(29)34(42)40-31/h6-8,10-18,21-22H,9,19-20H2,1-5H3,(H,38,39)(H,41,43). The average Bonchev–Trinajstić information content (AvgIpc) is 3.30. The second-order valence-electron chi connectivity index (χ2n) is 12.9. The Morgan fingerprint density at radius 1 is 0.932 bits per heavy atom. The highest BCUT2D eigenvalue weighted by Crippen LogP contribution is 2.46. The summed E-state index contributed by atoms with van der Waals surface area (Å²) in [7, 11) is 0. The van der Waals surface area contributed by atoms with Crippen molar-refractivity contribution in [3.63, 3.8) is 0 Å². The minimum absolute atomic E-state index is 0.380. The first-order valence-corrected chi connectivity index (χ1v) is 15.3. The van der Waals surface area contributed by atoms with Gasteiger partial charge in [-0.05, 0) is 101 Å². The Labute approximate surface area is 258 Å². The molecule has 5 aromatic rings. The van der Waals surface area contributed by atoms with Crippen LogP contribution in [0, 0.1) is 13.8 Å².